The molecule has 0 bridgehead atoms. The van der Waals surface area contributed by atoms with E-state index in [2.05, 4.69) is 22.0 Å². The fraction of sp³-hybridized carbons (Fsp3) is 0.417. The number of nitrogens with zero attached hydrogens (tertiary/aromatic N) is 3. The molecule has 1 aliphatic heterocycles. The Bertz CT molecular complexity index is 1120. The molecule has 0 aromatic heterocycles. The average molecular weight is 489 g/mol. The fourth-order valence-electron chi connectivity index (χ4n) is 3.92. The number of benzene rings is 2. The van der Waals surface area contributed by atoms with E-state index in [1.165, 1.54) is 21.2 Å². The summed E-state index contributed by atoms with van der Waals surface area (Å²) in [6.07, 6.45) is 0. The van der Waals surface area contributed by atoms with Crippen molar-refractivity contribution >= 4 is 27.6 Å². The smallest absolute Gasteiger partial charge is 0.337 e. The van der Waals surface area contributed by atoms with Crippen LogP contribution < -0.4 is 10.2 Å². The first-order chi connectivity index (χ1) is 16.1. The second-order valence-corrected chi connectivity index (χ2v) is 10.6. The van der Waals surface area contributed by atoms with Crippen molar-refractivity contribution < 1.29 is 22.7 Å². The molecule has 0 aliphatic carbocycles. The third-order valence-electron chi connectivity index (χ3n) is 5.97. The summed E-state index contributed by atoms with van der Waals surface area (Å²) in [6.45, 7) is 4.65. The number of piperazine rings is 1. The van der Waals surface area contributed by atoms with Crippen LogP contribution in [-0.2, 0) is 26.1 Å². The van der Waals surface area contributed by atoms with Gasteiger partial charge >= 0.3 is 5.97 Å². The SMILES string of the molecule is COC(=O)c1ccc(N2CCN(CC(=O)NCc3ccccc3S(=O)(=O)N(C)C)C(C)C2)cc1. The summed E-state index contributed by atoms with van der Waals surface area (Å²) in [6, 6.07) is 14.1. The van der Waals surface area contributed by atoms with Gasteiger partial charge in [0.05, 0.1) is 24.1 Å². The number of hydrogen-bond acceptors (Lipinski definition) is 7. The van der Waals surface area contributed by atoms with Crippen LogP contribution in [0.25, 0.3) is 0 Å². The molecule has 10 heteroatoms. The molecule has 1 aliphatic rings. The average Bonchev–Trinajstić information content (AvgIpc) is 2.83. The lowest BCUT2D eigenvalue weighted by Gasteiger charge is -2.40. The van der Waals surface area contributed by atoms with E-state index in [0.717, 1.165) is 23.1 Å². The van der Waals surface area contributed by atoms with Crippen molar-refractivity contribution in [3.63, 3.8) is 0 Å². The molecule has 1 amide bonds. The first-order valence-corrected chi connectivity index (χ1v) is 12.5. The van der Waals surface area contributed by atoms with Crippen molar-refractivity contribution in [2.45, 2.75) is 24.4 Å². The van der Waals surface area contributed by atoms with Gasteiger partial charge in [0.1, 0.15) is 0 Å². The Morgan fingerprint density at radius 1 is 1.09 bits per heavy atom. The topological polar surface area (TPSA) is 99.3 Å². The number of rotatable bonds is 8. The van der Waals surface area contributed by atoms with Gasteiger partial charge in [0.2, 0.25) is 15.9 Å². The van der Waals surface area contributed by atoms with Crippen LogP contribution in [0.15, 0.2) is 53.4 Å². The van der Waals surface area contributed by atoms with Crippen LogP contribution in [0, 0.1) is 0 Å². The number of methoxy groups -OCH3 is 1. The Kier molecular flexibility index (Phi) is 8.29. The lowest BCUT2D eigenvalue weighted by molar-refractivity contribution is -0.123. The highest BCUT2D eigenvalue weighted by molar-refractivity contribution is 7.89. The van der Waals surface area contributed by atoms with E-state index in [1.54, 1.807) is 36.4 Å². The zero-order valence-electron chi connectivity index (χ0n) is 20.0. The van der Waals surface area contributed by atoms with Crippen LogP contribution in [-0.4, -0.2) is 82.9 Å². The lowest BCUT2D eigenvalue weighted by Crippen LogP contribution is -2.54. The molecule has 1 atom stereocenters. The Hall–Kier alpha value is -2.95. The molecule has 1 N–H and O–H groups in total. The zero-order valence-corrected chi connectivity index (χ0v) is 20.8. The van der Waals surface area contributed by atoms with E-state index in [1.807, 2.05) is 12.1 Å². The van der Waals surface area contributed by atoms with Gasteiger partial charge in [0.25, 0.3) is 0 Å². The number of nitrogens with one attached hydrogen (secondary N) is 1. The number of esters is 1. The minimum Gasteiger partial charge on any atom is -0.465 e. The maximum absolute atomic E-state index is 12.6. The van der Waals surface area contributed by atoms with Crippen LogP contribution in [0.4, 0.5) is 5.69 Å². The molecule has 0 radical (unpaired) electrons. The maximum Gasteiger partial charge on any atom is 0.337 e. The van der Waals surface area contributed by atoms with Crippen LogP contribution in [0.2, 0.25) is 0 Å². The molecule has 1 saturated heterocycles. The summed E-state index contributed by atoms with van der Waals surface area (Å²) in [5.41, 5.74) is 2.08. The van der Waals surface area contributed by atoms with Crippen LogP contribution >= 0.6 is 0 Å². The van der Waals surface area contributed by atoms with Crippen LogP contribution in [0.3, 0.4) is 0 Å². The Morgan fingerprint density at radius 2 is 1.76 bits per heavy atom. The molecule has 2 aromatic rings. The largest absolute Gasteiger partial charge is 0.465 e. The highest BCUT2D eigenvalue weighted by atomic mass is 32.2. The van der Waals surface area contributed by atoms with Crippen LogP contribution in [0.5, 0.6) is 0 Å². The van der Waals surface area contributed by atoms with Crippen molar-refractivity contribution in [1.82, 2.24) is 14.5 Å². The molecule has 3 rings (SSSR count). The number of amides is 1. The van der Waals surface area contributed by atoms with Gasteiger partial charge in [0.15, 0.2) is 0 Å². The summed E-state index contributed by atoms with van der Waals surface area (Å²) in [5, 5.41) is 2.86. The molecule has 9 nitrogen and oxygen atoms in total. The van der Waals surface area contributed by atoms with E-state index < -0.39 is 10.0 Å². The quantitative estimate of drug-likeness (QED) is 0.563. The molecule has 1 heterocycles. The lowest BCUT2D eigenvalue weighted by atomic mass is 10.1. The van der Waals surface area contributed by atoms with E-state index in [9.17, 15) is 18.0 Å². The Labute approximate surface area is 201 Å². The second kappa shape index (κ2) is 11.0. The van der Waals surface area contributed by atoms with Gasteiger partial charge in [-0.25, -0.2) is 17.5 Å². The van der Waals surface area contributed by atoms with Crippen molar-refractivity contribution in [3.05, 3.63) is 59.7 Å². The summed E-state index contributed by atoms with van der Waals surface area (Å²) < 4.78 is 31.0. The van der Waals surface area contributed by atoms with Gasteiger partial charge in [-0.1, -0.05) is 18.2 Å². The van der Waals surface area contributed by atoms with Crippen molar-refractivity contribution in [2.75, 3.05) is 52.3 Å². The predicted octanol–water partition coefficient (Wildman–Crippen LogP) is 1.55. The summed E-state index contributed by atoms with van der Waals surface area (Å²) in [5.74, 6) is -0.516. The highest BCUT2D eigenvalue weighted by Gasteiger charge is 2.26. The van der Waals surface area contributed by atoms with E-state index in [4.69, 9.17) is 4.74 Å². The number of carbonyl (C=O) groups is 2. The third-order valence-corrected chi connectivity index (χ3v) is 7.89. The molecule has 1 unspecified atom stereocenters. The minimum absolute atomic E-state index is 0.140. The molecular weight excluding hydrogens is 456 g/mol. The summed E-state index contributed by atoms with van der Waals surface area (Å²) in [4.78, 5) is 28.8. The van der Waals surface area contributed by atoms with Crippen LogP contribution in [0.1, 0.15) is 22.8 Å². The first-order valence-electron chi connectivity index (χ1n) is 11.1. The maximum atomic E-state index is 12.6. The van der Waals surface area contributed by atoms with E-state index in [-0.39, 0.29) is 35.9 Å². The summed E-state index contributed by atoms with van der Waals surface area (Å²) in [7, 11) is 0.737. The number of anilines is 1. The molecule has 2 aromatic carbocycles. The van der Waals surface area contributed by atoms with Gasteiger partial charge in [-0.05, 0) is 42.8 Å². The number of carbonyl (C=O) groups excluding carboxylic acids is 2. The standard InChI is InChI=1S/C24H32N4O5S/c1-18-16-28(21-11-9-19(10-12-21)24(30)33-4)14-13-27(18)17-23(29)25-15-20-7-5-6-8-22(20)34(31,32)26(2)3/h5-12,18H,13-17H2,1-4H3,(H,25,29). The van der Waals surface area contributed by atoms with Gasteiger partial charge in [0, 0.05) is 52.0 Å². The number of sulfonamides is 1. The molecule has 0 saturated carbocycles. The molecule has 1 fully saturated rings. The van der Waals surface area contributed by atoms with Crippen molar-refractivity contribution in [3.8, 4) is 0 Å². The molecule has 184 valence electrons. The molecule has 34 heavy (non-hydrogen) atoms. The number of hydrogen-bond donors (Lipinski definition) is 1. The first kappa shape index (κ1) is 25.7. The number of ether oxygens (including phenoxy) is 1. The molecular formula is C24H32N4O5S. The predicted molar refractivity (Wildman–Crippen MR) is 130 cm³/mol. The van der Waals surface area contributed by atoms with Gasteiger partial charge in [-0.2, -0.15) is 0 Å². The fourth-order valence-corrected chi connectivity index (χ4v) is 5.04. The van der Waals surface area contributed by atoms with Crippen molar-refractivity contribution in [2.24, 2.45) is 0 Å². The zero-order chi connectivity index (χ0) is 24.9. The molecule has 0 spiro atoms. The van der Waals surface area contributed by atoms with Gasteiger partial charge in [-0.15, -0.1) is 0 Å². The van der Waals surface area contributed by atoms with E-state index >= 15 is 0 Å². The Morgan fingerprint density at radius 3 is 2.38 bits per heavy atom. The highest BCUT2D eigenvalue weighted by Crippen LogP contribution is 2.21. The van der Waals surface area contributed by atoms with Gasteiger partial charge in [-0.3, -0.25) is 9.69 Å². The normalized spacial score (nSPS) is 17.0. The summed E-state index contributed by atoms with van der Waals surface area (Å²) >= 11 is 0. The second-order valence-electron chi connectivity index (χ2n) is 8.48. The van der Waals surface area contributed by atoms with Crippen molar-refractivity contribution in [1.29, 1.82) is 0 Å². The van der Waals surface area contributed by atoms with Gasteiger partial charge < -0.3 is 15.0 Å². The third kappa shape index (κ3) is 5.94. The monoisotopic (exact) mass is 488 g/mol. The Balaban J connectivity index is 1.55. The van der Waals surface area contributed by atoms with E-state index in [0.29, 0.717) is 17.7 Å². The minimum atomic E-state index is -3.59.